The molecule has 1 saturated heterocycles. The van der Waals surface area contributed by atoms with Gasteiger partial charge in [0.1, 0.15) is 6.23 Å². The van der Waals surface area contributed by atoms with E-state index in [2.05, 4.69) is 9.79 Å². The molecule has 3 rings (SSSR count). The average Bonchev–Trinajstić information content (AvgIpc) is 2.89. The summed E-state index contributed by atoms with van der Waals surface area (Å²) in [5.41, 5.74) is 0.275. The molecule has 10 heteroatoms. The fourth-order valence-electron chi connectivity index (χ4n) is 2.69. The summed E-state index contributed by atoms with van der Waals surface area (Å²) < 4.78 is 4.53. The highest BCUT2D eigenvalue weighted by atomic mass is 16.8. The molecule has 2 aromatic rings. The molecule has 0 radical (unpaired) electrons. The summed E-state index contributed by atoms with van der Waals surface area (Å²) in [6.07, 6.45) is -0.519. The molecule has 1 fully saturated rings. The number of rotatable bonds is 3. The van der Waals surface area contributed by atoms with E-state index < -0.39 is 11.2 Å². The Morgan fingerprint density at radius 1 is 1.41 bits per heavy atom. The number of fused-ring (bicyclic) bond motifs is 1. The maximum Gasteiger partial charge on any atom is 0.324 e. The normalized spacial score (nSPS) is 17.8. The van der Waals surface area contributed by atoms with Crippen LogP contribution in [0.25, 0.3) is 11.0 Å². The van der Waals surface area contributed by atoms with Crippen LogP contribution in [0.1, 0.15) is 6.92 Å². The summed E-state index contributed by atoms with van der Waals surface area (Å²) in [5, 5.41) is 35.8. The minimum Gasteiger partial charge on any atom is -0.379 e. The SMILES string of the molecule is CC(O)N1CCN(c2ccc([N+](=O)[O-])c3c2no[n+]3[O-])CC1. The molecule has 1 aromatic heterocycles. The zero-order valence-corrected chi connectivity index (χ0v) is 11.9. The first-order valence-corrected chi connectivity index (χ1v) is 6.83. The fraction of sp³-hybridized carbons (Fsp3) is 0.500. The van der Waals surface area contributed by atoms with Crippen molar-refractivity contribution in [2.24, 2.45) is 0 Å². The van der Waals surface area contributed by atoms with E-state index in [4.69, 9.17) is 0 Å². The van der Waals surface area contributed by atoms with Crippen LogP contribution in [0.2, 0.25) is 0 Å². The number of non-ortho nitro benzene ring substituents is 1. The number of nitro benzene ring substituents is 1. The minimum atomic E-state index is -0.636. The van der Waals surface area contributed by atoms with Crippen molar-refractivity contribution >= 4 is 22.4 Å². The van der Waals surface area contributed by atoms with Crippen LogP contribution in [0.3, 0.4) is 0 Å². The number of aliphatic hydroxyl groups excluding tert-OH is 1. The van der Waals surface area contributed by atoms with Crippen LogP contribution < -0.4 is 9.80 Å². The van der Waals surface area contributed by atoms with Gasteiger partial charge in [-0.05, 0) is 17.9 Å². The largest absolute Gasteiger partial charge is 0.379 e. The first kappa shape index (κ1) is 14.5. The van der Waals surface area contributed by atoms with E-state index in [1.54, 1.807) is 13.0 Å². The van der Waals surface area contributed by atoms with Crippen molar-refractivity contribution in [2.75, 3.05) is 31.1 Å². The number of piperazine rings is 1. The predicted octanol–water partition coefficient (Wildman–Crippen LogP) is -0.170. The summed E-state index contributed by atoms with van der Waals surface area (Å²) in [5.74, 6) is 0. The molecule has 0 bridgehead atoms. The van der Waals surface area contributed by atoms with Crippen LogP contribution in [-0.2, 0) is 0 Å². The molecule has 1 aliphatic rings. The Morgan fingerprint density at radius 2 is 2.09 bits per heavy atom. The lowest BCUT2D eigenvalue weighted by Crippen LogP contribution is -2.49. The molecule has 0 spiro atoms. The summed E-state index contributed by atoms with van der Waals surface area (Å²) in [7, 11) is 0. The van der Waals surface area contributed by atoms with E-state index in [-0.39, 0.29) is 21.6 Å². The highest BCUT2D eigenvalue weighted by molar-refractivity contribution is 5.92. The molecule has 1 aromatic carbocycles. The third-order valence-electron chi connectivity index (χ3n) is 3.88. The van der Waals surface area contributed by atoms with E-state index in [0.29, 0.717) is 31.9 Å². The number of anilines is 1. The molecule has 0 amide bonds. The standard InChI is InChI=1S/C12H15N5O5/c1-8(18)14-4-6-15(7-5-14)9-2-3-10(16(19)20)12-11(9)13-22-17(12)21/h2-3,8,18H,4-7H2,1H3. The van der Waals surface area contributed by atoms with Crippen molar-refractivity contribution in [1.29, 1.82) is 0 Å². The predicted molar refractivity (Wildman–Crippen MR) is 75.1 cm³/mol. The average molecular weight is 309 g/mol. The molecule has 22 heavy (non-hydrogen) atoms. The van der Waals surface area contributed by atoms with Crippen molar-refractivity contribution < 1.29 is 19.6 Å². The number of aliphatic hydroxyl groups is 1. The lowest BCUT2D eigenvalue weighted by Gasteiger charge is -2.36. The van der Waals surface area contributed by atoms with Crippen LogP contribution in [0, 0.1) is 15.3 Å². The zero-order chi connectivity index (χ0) is 15.9. The smallest absolute Gasteiger partial charge is 0.324 e. The van der Waals surface area contributed by atoms with Gasteiger partial charge < -0.3 is 15.2 Å². The van der Waals surface area contributed by atoms with Gasteiger partial charge in [0.15, 0.2) is 0 Å². The van der Waals surface area contributed by atoms with Gasteiger partial charge in [-0.15, -0.1) is 0 Å². The Bertz CT molecular complexity index is 707. The first-order valence-electron chi connectivity index (χ1n) is 6.83. The Morgan fingerprint density at radius 3 is 2.68 bits per heavy atom. The third kappa shape index (κ3) is 2.31. The molecule has 1 aliphatic heterocycles. The molecule has 0 aliphatic carbocycles. The molecular formula is C12H15N5O5. The second kappa shape index (κ2) is 5.39. The van der Waals surface area contributed by atoms with Gasteiger partial charge in [0.05, 0.1) is 10.6 Å². The van der Waals surface area contributed by atoms with E-state index in [0.717, 1.165) is 0 Å². The van der Waals surface area contributed by atoms with Gasteiger partial charge in [0, 0.05) is 37.4 Å². The first-order chi connectivity index (χ1) is 10.5. The molecule has 10 nitrogen and oxygen atoms in total. The van der Waals surface area contributed by atoms with E-state index >= 15 is 0 Å². The maximum absolute atomic E-state index is 11.6. The third-order valence-corrected chi connectivity index (χ3v) is 3.88. The van der Waals surface area contributed by atoms with Gasteiger partial charge in [-0.25, -0.2) is 0 Å². The molecule has 2 heterocycles. The Balaban J connectivity index is 1.96. The van der Waals surface area contributed by atoms with Crippen molar-refractivity contribution in [1.82, 2.24) is 10.1 Å². The zero-order valence-electron chi connectivity index (χ0n) is 11.9. The van der Waals surface area contributed by atoms with Crippen LogP contribution in [0.15, 0.2) is 16.8 Å². The molecule has 118 valence electrons. The Hall–Kier alpha value is -2.46. The van der Waals surface area contributed by atoms with Gasteiger partial charge in [0.2, 0.25) is 0 Å². The van der Waals surface area contributed by atoms with Crippen LogP contribution >= 0.6 is 0 Å². The summed E-state index contributed by atoms with van der Waals surface area (Å²) in [4.78, 5) is 14.3. The van der Waals surface area contributed by atoms with Crippen molar-refractivity contribution in [2.45, 2.75) is 13.2 Å². The van der Waals surface area contributed by atoms with E-state index in [9.17, 15) is 20.4 Å². The second-order valence-corrected chi connectivity index (χ2v) is 5.14. The minimum absolute atomic E-state index is 0.0585. The number of hydrogen-bond acceptors (Lipinski definition) is 8. The highest BCUT2D eigenvalue weighted by Crippen LogP contribution is 2.30. The van der Waals surface area contributed by atoms with Gasteiger partial charge in [0.25, 0.3) is 5.52 Å². The molecule has 1 N–H and O–H groups in total. The van der Waals surface area contributed by atoms with Gasteiger partial charge >= 0.3 is 11.2 Å². The highest BCUT2D eigenvalue weighted by Gasteiger charge is 2.30. The number of nitrogens with zero attached hydrogens (tertiary/aromatic N) is 5. The molecular weight excluding hydrogens is 294 g/mol. The van der Waals surface area contributed by atoms with Crippen LogP contribution in [0.4, 0.5) is 11.4 Å². The van der Waals surface area contributed by atoms with Crippen molar-refractivity contribution in [3.63, 3.8) is 0 Å². The summed E-state index contributed by atoms with van der Waals surface area (Å²) >= 11 is 0. The van der Waals surface area contributed by atoms with Gasteiger partial charge in [-0.3, -0.25) is 19.6 Å². The van der Waals surface area contributed by atoms with Crippen LogP contribution in [-0.4, -0.2) is 52.5 Å². The fourth-order valence-corrected chi connectivity index (χ4v) is 2.69. The Labute approximate surface area is 124 Å². The lowest BCUT2D eigenvalue weighted by atomic mass is 10.2. The van der Waals surface area contributed by atoms with Crippen LogP contribution in [0.5, 0.6) is 0 Å². The summed E-state index contributed by atoms with van der Waals surface area (Å²) in [6, 6.07) is 2.85. The molecule has 0 saturated carbocycles. The quantitative estimate of drug-likeness (QED) is 0.471. The monoisotopic (exact) mass is 309 g/mol. The summed E-state index contributed by atoms with van der Waals surface area (Å²) in [6.45, 7) is 4.22. The Kier molecular flexibility index (Phi) is 3.54. The second-order valence-electron chi connectivity index (χ2n) is 5.14. The number of benzene rings is 1. The molecule has 1 unspecified atom stereocenters. The van der Waals surface area contributed by atoms with Crippen molar-refractivity contribution in [3.05, 3.63) is 27.5 Å². The van der Waals surface area contributed by atoms with Crippen molar-refractivity contribution in [3.8, 4) is 0 Å². The number of hydrogen-bond donors (Lipinski definition) is 1. The topological polar surface area (TPSA) is 123 Å². The van der Waals surface area contributed by atoms with E-state index in [1.165, 1.54) is 6.07 Å². The molecule has 1 atom stereocenters. The number of nitro groups is 1. The van der Waals surface area contributed by atoms with Gasteiger partial charge in [-0.2, -0.15) is 0 Å². The van der Waals surface area contributed by atoms with Gasteiger partial charge in [-0.1, -0.05) is 0 Å². The number of aromatic nitrogens is 2. The maximum atomic E-state index is 11.6. The lowest BCUT2D eigenvalue weighted by molar-refractivity contribution is -0.783. The van der Waals surface area contributed by atoms with E-state index in [1.807, 2.05) is 9.80 Å².